The van der Waals surface area contributed by atoms with Crippen LogP contribution < -0.4 is 9.80 Å². The van der Waals surface area contributed by atoms with Crippen LogP contribution >= 0.6 is 0 Å². The van der Waals surface area contributed by atoms with Gasteiger partial charge in [0, 0.05) is 52.3 Å². The molecule has 0 radical (unpaired) electrons. The highest BCUT2D eigenvalue weighted by molar-refractivity contribution is 7.89. The molecule has 0 atom stereocenters. The number of hydrogen-bond acceptors (Lipinski definition) is 7. The van der Waals surface area contributed by atoms with Crippen LogP contribution in [0, 0.1) is 12.7 Å². The van der Waals surface area contributed by atoms with Gasteiger partial charge in [0.05, 0.1) is 23.8 Å². The fourth-order valence-electron chi connectivity index (χ4n) is 3.94. The predicted octanol–water partition coefficient (Wildman–Crippen LogP) is 1.62. The van der Waals surface area contributed by atoms with E-state index in [0.29, 0.717) is 44.1 Å². The number of sulfonamides is 1. The van der Waals surface area contributed by atoms with Crippen LogP contribution in [0.4, 0.5) is 16.2 Å². The molecule has 0 unspecified atom stereocenters. The predicted molar refractivity (Wildman–Crippen MR) is 117 cm³/mol. The van der Waals surface area contributed by atoms with Gasteiger partial charge < -0.3 is 14.5 Å². The molecule has 0 aliphatic carbocycles. The van der Waals surface area contributed by atoms with E-state index >= 15 is 0 Å². The average Bonchev–Trinajstić information content (AvgIpc) is 2.98. The smallest absolute Gasteiger partial charge is 0.243 e. The van der Waals surface area contributed by atoms with Crippen LogP contribution in [0.15, 0.2) is 23.1 Å². The number of rotatable bonds is 4. The van der Waals surface area contributed by atoms with Crippen molar-refractivity contribution in [2.45, 2.75) is 24.7 Å². The van der Waals surface area contributed by atoms with Crippen molar-refractivity contribution in [3.8, 4) is 0 Å². The lowest BCUT2D eigenvalue weighted by atomic mass is 10.1. The van der Waals surface area contributed by atoms with Crippen LogP contribution in [0.25, 0.3) is 0 Å². The van der Waals surface area contributed by atoms with Gasteiger partial charge in [0.15, 0.2) is 0 Å². The van der Waals surface area contributed by atoms with E-state index in [1.807, 2.05) is 19.0 Å². The molecule has 0 spiro atoms. The molecular weight excluding hydrogens is 421 g/mol. The third kappa shape index (κ3) is 4.37. The first kappa shape index (κ1) is 21.9. The lowest BCUT2D eigenvalue weighted by molar-refractivity contribution is 0.122. The second-order valence-corrected chi connectivity index (χ2v) is 10.0. The van der Waals surface area contributed by atoms with Crippen LogP contribution in [0.5, 0.6) is 0 Å². The number of fused-ring (bicyclic) bond motifs is 1. The van der Waals surface area contributed by atoms with Gasteiger partial charge in [-0.2, -0.15) is 9.29 Å². The van der Waals surface area contributed by atoms with Gasteiger partial charge in [-0.15, -0.1) is 0 Å². The van der Waals surface area contributed by atoms with Gasteiger partial charge in [0.1, 0.15) is 11.6 Å². The first-order valence-electron chi connectivity index (χ1n) is 10.4. The molecule has 2 aromatic rings. The Balaban J connectivity index is 1.64. The SMILES string of the molecule is Cc1ccc(S(=O)(=O)N2CCc3nc(N4CCOCC4)nc(N(C)C)c3CC2)cc1F. The van der Waals surface area contributed by atoms with Crippen molar-refractivity contribution in [3.63, 3.8) is 0 Å². The monoisotopic (exact) mass is 449 g/mol. The largest absolute Gasteiger partial charge is 0.378 e. The van der Waals surface area contributed by atoms with E-state index in [-0.39, 0.29) is 11.4 Å². The van der Waals surface area contributed by atoms with Gasteiger partial charge >= 0.3 is 0 Å². The summed E-state index contributed by atoms with van der Waals surface area (Å²) < 4.78 is 47.2. The molecule has 4 rings (SSSR count). The third-order valence-electron chi connectivity index (χ3n) is 5.77. The molecule has 0 bridgehead atoms. The highest BCUT2D eigenvalue weighted by atomic mass is 32.2. The molecule has 2 aliphatic heterocycles. The van der Waals surface area contributed by atoms with Crippen LogP contribution in [0.2, 0.25) is 0 Å². The summed E-state index contributed by atoms with van der Waals surface area (Å²) in [6, 6.07) is 4.07. The normalized spacial score (nSPS) is 17.9. The Morgan fingerprint density at radius 3 is 2.45 bits per heavy atom. The van der Waals surface area contributed by atoms with Crippen LogP contribution in [0.3, 0.4) is 0 Å². The first-order valence-corrected chi connectivity index (χ1v) is 11.9. The van der Waals surface area contributed by atoms with Crippen LogP contribution in [-0.4, -0.2) is 76.2 Å². The van der Waals surface area contributed by atoms with Gasteiger partial charge in [0.2, 0.25) is 16.0 Å². The van der Waals surface area contributed by atoms with Crippen molar-refractivity contribution < 1.29 is 17.5 Å². The van der Waals surface area contributed by atoms with Crippen molar-refractivity contribution in [2.24, 2.45) is 0 Å². The Kier molecular flexibility index (Phi) is 6.14. The van der Waals surface area contributed by atoms with Gasteiger partial charge in [-0.3, -0.25) is 0 Å². The molecule has 168 valence electrons. The lowest BCUT2D eigenvalue weighted by Gasteiger charge is -2.28. The summed E-state index contributed by atoms with van der Waals surface area (Å²) in [5.41, 5.74) is 2.26. The molecule has 10 heteroatoms. The molecule has 2 aliphatic rings. The number of anilines is 2. The van der Waals surface area contributed by atoms with Crippen LogP contribution in [0.1, 0.15) is 16.8 Å². The quantitative estimate of drug-likeness (QED) is 0.702. The van der Waals surface area contributed by atoms with Crippen molar-refractivity contribution in [1.82, 2.24) is 14.3 Å². The molecule has 1 fully saturated rings. The van der Waals surface area contributed by atoms with Gasteiger partial charge in [0.25, 0.3) is 0 Å². The summed E-state index contributed by atoms with van der Waals surface area (Å²) >= 11 is 0. The van der Waals surface area contributed by atoms with Gasteiger partial charge in [-0.25, -0.2) is 17.8 Å². The second-order valence-electron chi connectivity index (χ2n) is 8.08. The fourth-order valence-corrected chi connectivity index (χ4v) is 5.40. The summed E-state index contributed by atoms with van der Waals surface area (Å²) in [6.45, 7) is 4.93. The number of hydrogen-bond donors (Lipinski definition) is 0. The standard InChI is InChI=1S/C21H28FN5O3S/c1-15-4-5-16(14-18(15)22)31(28,29)27-8-6-17-19(7-9-27)23-21(24-20(17)25(2)3)26-10-12-30-13-11-26/h4-5,14H,6-13H2,1-3H3. The Bertz CT molecular complexity index is 1070. The summed E-state index contributed by atoms with van der Waals surface area (Å²) in [6.07, 6.45) is 0.976. The maximum Gasteiger partial charge on any atom is 0.243 e. The van der Waals surface area contributed by atoms with E-state index in [1.165, 1.54) is 16.4 Å². The maximum absolute atomic E-state index is 14.0. The number of benzene rings is 1. The Morgan fingerprint density at radius 2 is 1.77 bits per heavy atom. The number of aryl methyl sites for hydroxylation is 1. The summed E-state index contributed by atoms with van der Waals surface area (Å²) in [7, 11) is 0.0600. The maximum atomic E-state index is 14.0. The van der Waals surface area contributed by atoms with E-state index in [0.717, 1.165) is 36.2 Å². The molecule has 0 N–H and O–H groups in total. The summed E-state index contributed by atoms with van der Waals surface area (Å²) in [4.78, 5) is 13.6. The first-order chi connectivity index (χ1) is 14.8. The molecule has 1 aromatic heterocycles. The van der Waals surface area contributed by atoms with E-state index in [1.54, 1.807) is 6.92 Å². The minimum atomic E-state index is -3.80. The minimum absolute atomic E-state index is 0.0190. The Hall–Kier alpha value is -2.30. The fraction of sp³-hybridized carbons (Fsp3) is 0.524. The molecule has 31 heavy (non-hydrogen) atoms. The number of halogens is 1. The molecule has 0 saturated carbocycles. The topological polar surface area (TPSA) is 78.9 Å². The van der Waals surface area contributed by atoms with E-state index < -0.39 is 15.8 Å². The highest BCUT2D eigenvalue weighted by Crippen LogP contribution is 2.28. The average molecular weight is 450 g/mol. The zero-order valence-electron chi connectivity index (χ0n) is 18.1. The number of aromatic nitrogens is 2. The Morgan fingerprint density at radius 1 is 1.06 bits per heavy atom. The minimum Gasteiger partial charge on any atom is -0.378 e. The van der Waals surface area contributed by atoms with Crippen molar-refractivity contribution in [3.05, 3.63) is 40.8 Å². The number of morpholine rings is 1. The number of nitrogens with zero attached hydrogens (tertiary/aromatic N) is 5. The van der Waals surface area contributed by atoms with Crippen LogP contribution in [-0.2, 0) is 27.6 Å². The molecule has 8 nitrogen and oxygen atoms in total. The third-order valence-corrected chi connectivity index (χ3v) is 7.66. The second kappa shape index (κ2) is 8.68. The highest BCUT2D eigenvalue weighted by Gasteiger charge is 2.30. The van der Waals surface area contributed by atoms with Crippen molar-refractivity contribution in [1.29, 1.82) is 0 Å². The van der Waals surface area contributed by atoms with E-state index in [2.05, 4.69) is 4.90 Å². The molecular formula is C21H28FN5O3S. The van der Waals surface area contributed by atoms with E-state index in [9.17, 15) is 12.8 Å². The zero-order valence-corrected chi connectivity index (χ0v) is 19.0. The molecule has 1 aromatic carbocycles. The van der Waals surface area contributed by atoms with Gasteiger partial charge in [-0.05, 0) is 31.0 Å². The Labute approximate surface area is 182 Å². The van der Waals surface area contributed by atoms with Gasteiger partial charge in [-0.1, -0.05) is 6.07 Å². The van der Waals surface area contributed by atoms with E-state index in [4.69, 9.17) is 14.7 Å². The molecule has 3 heterocycles. The van der Waals surface area contributed by atoms with Crippen molar-refractivity contribution in [2.75, 3.05) is 63.3 Å². The summed E-state index contributed by atoms with van der Waals surface area (Å²) in [5.74, 6) is 0.949. The summed E-state index contributed by atoms with van der Waals surface area (Å²) in [5, 5.41) is 0. The lowest BCUT2D eigenvalue weighted by Crippen LogP contribution is -2.38. The zero-order chi connectivity index (χ0) is 22.2. The molecule has 1 saturated heterocycles. The van der Waals surface area contributed by atoms with Crippen molar-refractivity contribution >= 4 is 21.8 Å². The molecule has 0 amide bonds. The number of ether oxygens (including phenoxy) is 1.